The molecule has 0 spiro atoms. The van der Waals surface area contributed by atoms with E-state index in [4.69, 9.17) is 5.73 Å². The first-order chi connectivity index (χ1) is 12.7. The largest absolute Gasteiger partial charge is 0.338 e. The zero-order valence-corrected chi connectivity index (χ0v) is 14.5. The third-order valence-corrected chi connectivity index (χ3v) is 4.17. The fourth-order valence-electron chi connectivity index (χ4n) is 2.82. The van der Waals surface area contributed by atoms with Gasteiger partial charge in [-0.1, -0.05) is 30.3 Å². The second kappa shape index (κ2) is 8.40. The lowest BCUT2D eigenvalue weighted by atomic mass is 10.00. The van der Waals surface area contributed by atoms with Gasteiger partial charge in [-0.05, 0) is 43.1 Å². The van der Waals surface area contributed by atoms with Crippen molar-refractivity contribution in [2.45, 2.75) is 19.3 Å². The van der Waals surface area contributed by atoms with Crippen LogP contribution < -0.4 is 16.4 Å². The number of hydrogen-bond acceptors (Lipinski definition) is 4. The highest BCUT2D eigenvalue weighted by Gasteiger charge is 2.19. The molecular weight excluding hydrogens is 328 g/mol. The number of rotatable bonds is 6. The minimum Gasteiger partial charge on any atom is -0.338 e. The van der Waals surface area contributed by atoms with Gasteiger partial charge >= 0.3 is 6.03 Å². The smallest absolute Gasteiger partial charge is 0.320 e. The highest BCUT2D eigenvalue weighted by molar-refractivity contribution is 6.10. The average molecular weight is 350 g/mol. The predicted molar refractivity (Wildman–Crippen MR) is 102 cm³/mol. The van der Waals surface area contributed by atoms with Crippen molar-refractivity contribution >= 4 is 23.3 Å². The number of carbonyl (C=O) groups is 2. The van der Waals surface area contributed by atoms with E-state index in [2.05, 4.69) is 15.6 Å². The molecule has 0 radical (unpaired) electrons. The number of urea groups is 1. The van der Waals surface area contributed by atoms with Crippen LogP contribution in [0.5, 0.6) is 0 Å². The molecule has 26 heavy (non-hydrogen) atoms. The number of fused-ring (bicyclic) bond motifs is 1. The van der Waals surface area contributed by atoms with Crippen molar-refractivity contribution in [3.63, 3.8) is 0 Å². The second-order valence-corrected chi connectivity index (χ2v) is 6.15. The number of nitrogens with one attached hydrogen (secondary N) is 2. The molecule has 3 rings (SSSR count). The highest BCUT2D eigenvalue weighted by Crippen LogP contribution is 2.27. The number of carbonyl (C=O) groups excluding carboxylic acids is 2. The summed E-state index contributed by atoms with van der Waals surface area (Å²) in [5.41, 5.74) is 8.42. The summed E-state index contributed by atoms with van der Waals surface area (Å²) in [7, 11) is 0. The van der Waals surface area contributed by atoms with E-state index in [0.29, 0.717) is 36.5 Å². The molecule has 1 heterocycles. The quantitative estimate of drug-likeness (QED) is 0.552. The number of ketones is 1. The monoisotopic (exact) mass is 350 g/mol. The Morgan fingerprint density at radius 2 is 1.85 bits per heavy atom. The SMILES string of the molecule is NCCCCNC(=O)NC1=Nc2ccc(C(=O)c3ccccc3)cc2C1. The van der Waals surface area contributed by atoms with E-state index in [1.165, 1.54) is 0 Å². The van der Waals surface area contributed by atoms with Crippen molar-refractivity contribution in [2.75, 3.05) is 13.1 Å². The van der Waals surface area contributed by atoms with Gasteiger partial charge < -0.3 is 11.1 Å². The fraction of sp³-hybridized carbons (Fsp3) is 0.250. The maximum absolute atomic E-state index is 12.6. The summed E-state index contributed by atoms with van der Waals surface area (Å²) in [6.07, 6.45) is 2.23. The van der Waals surface area contributed by atoms with Gasteiger partial charge in [-0.3, -0.25) is 10.1 Å². The number of aliphatic imine (C=N–C) groups is 1. The van der Waals surface area contributed by atoms with Gasteiger partial charge in [0.25, 0.3) is 0 Å². The number of amides is 2. The summed E-state index contributed by atoms with van der Waals surface area (Å²) < 4.78 is 0. The van der Waals surface area contributed by atoms with E-state index in [1.54, 1.807) is 18.2 Å². The average Bonchev–Trinajstić information content (AvgIpc) is 3.06. The van der Waals surface area contributed by atoms with Crippen molar-refractivity contribution in [2.24, 2.45) is 10.7 Å². The third-order valence-electron chi connectivity index (χ3n) is 4.17. The minimum absolute atomic E-state index is 0.0209. The van der Waals surface area contributed by atoms with Gasteiger partial charge in [-0.2, -0.15) is 0 Å². The summed E-state index contributed by atoms with van der Waals surface area (Å²) in [5.74, 6) is 0.563. The van der Waals surface area contributed by atoms with Crippen LogP contribution in [0.15, 0.2) is 53.5 Å². The Bertz CT molecular complexity index is 831. The van der Waals surface area contributed by atoms with Gasteiger partial charge in [0.15, 0.2) is 5.78 Å². The summed E-state index contributed by atoms with van der Waals surface area (Å²) in [5, 5.41) is 5.55. The molecule has 0 unspecified atom stereocenters. The molecule has 2 aromatic carbocycles. The minimum atomic E-state index is -0.269. The van der Waals surface area contributed by atoms with Crippen LogP contribution in [0.3, 0.4) is 0 Å². The van der Waals surface area contributed by atoms with Crippen LogP contribution in [-0.2, 0) is 6.42 Å². The van der Waals surface area contributed by atoms with Crippen molar-refractivity contribution in [3.05, 3.63) is 65.2 Å². The standard InChI is InChI=1S/C20H22N4O2/c21-10-4-5-11-22-20(26)24-18-13-16-12-15(8-9-17(16)23-18)19(25)14-6-2-1-3-7-14/h1-3,6-9,12H,4-5,10-11,13,21H2,(H2,22,23,24,26). The number of hydrogen-bond donors (Lipinski definition) is 3. The van der Waals surface area contributed by atoms with Crippen molar-refractivity contribution in [1.29, 1.82) is 0 Å². The van der Waals surface area contributed by atoms with Crippen LogP contribution in [0, 0.1) is 0 Å². The lowest BCUT2D eigenvalue weighted by molar-refractivity contribution is 0.103. The first-order valence-corrected chi connectivity index (χ1v) is 8.72. The van der Waals surface area contributed by atoms with E-state index in [1.807, 2.05) is 30.3 Å². The van der Waals surface area contributed by atoms with Crippen LogP contribution >= 0.6 is 0 Å². The van der Waals surface area contributed by atoms with Crippen LogP contribution in [0.2, 0.25) is 0 Å². The molecule has 0 fully saturated rings. The predicted octanol–water partition coefficient (Wildman–Crippen LogP) is 2.54. The van der Waals surface area contributed by atoms with Crippen molar-refractivity contribution in [1.82, 2.24) is 10.6 Å². The molecule has 0 bridgehead atoms. The third kappa shape index (κ3) is 4.34. The topological polar surface area (TPSA) is 96.6 Å². The van der Waals surface area contributed by atoms with Crippen LogP contribution in [0.4, 0.5) is 10.5 Å². The molecule has 0 saturated carbocycles. The van der Waals surface area contributed by atoms with E-state index >= 15 is 0 Å². The maximum Gasteiger partial charge on any atom is 0.320 e. The van der Waals surface area contributed by atoms with Gasteiger partial charge in [-0.15, -0.1) is 0 Å². The molecular formula is C20H22N4O2. The Morgan fingerprint density at radius 1 is 1.04 bits per heavy atom. The molecule has 4 N–H and O–H groups in total. The zero-order valence-electron chi connectivity index (χ0n) is 14.5. The number of amidine groups is 1. The molecule has 6 heteroatoms. The number of unbranched alkanes of at least 4 members (excludes halogenated alkanes) is 1. The van der Waals surface area contributed by atoms with Gasteiger partial charge in [0.1, 0.15) is 5.84 Å². The van der Waals surface area contributed by atoms with E-state index in [0.717, 1.165) is 24.1 Å². The lowest BCUT2D eigenvalue weighted by Gasteiger charge is -2.06. The number of benzene rings is 2. The van der Waals surface area contributed by atoms with E-state index in [-0.39, 0.29) is 11.8 Å². The van der Waals surface area contributed by atoms with Gasteiger partial charge in [0.2, 0.25) is 0 Å². The van der Waals surface area contributed by atoms with Crippen molar-refractivity contribution < 1.29 is 9.59 Å². The summed E-state index contributed by atoms with van der Waals surface area (Å²) in [6, 6.07) is 14.3. The fourth-order valence-corrected chi connectivity index (χ4v) is 2.82. The number of nitrogens with two attached hydrogens (primary N) is 1. The van der Waals surface area contributed by atoms with E-state index < -0.39 is 0 Å². The lowest BCUT2D eigenvalue weighted by Crippen LogP contribution is -2.40. The Hall–Kier alpha value is -2.99. The normalized spacial score (nSPS) is 12.3. The van der Waals surface area contributed by atoms with Crippen LogP contribution in [-0.4, -0.2) is 30.7 Å². The molecule has 0 atom stereocenters. The summed E-state index contributed by atoms with van der Waals surface area (Å²) >= 11 is 0. The second-order valence-electron chi connectivity index (χ2n) is 6.15. The summed E-state index contributed by atoms with van der Waals surface area (Å²) in [4.78, 5) is 28.9. The Kier molecular flexibility index (Phi) is 5.76. The Labute approximate surface area is 152 Å². The summed E-state index contributed by atoms with van der Waals surface area (Å²) in [6.45, 7) is 1.20. The van der Waals surface area contributed by atoms with Crippen LogP contribution in [0.1, 0.15) is 34.3 Å². The molecule has 2 aromatic rings. The first kappa shape index (κ1) is 17.8. The molecule has 134 valence electrons. The van der Waals surface area contributed by atoms with Gasteiger partial charge in [0, 0.05) is 24.1 Å². The van der Waals surface area contributed by atoms with E-state index in [9.17, 15) is 9.59 Å². The maximum atomic E-state index is 12.6. The number of nitrogens with zero attached hydrogens (tertiary/aromatic N) is 1. The highest BCUT2D eigenvalue weighted by atomic mass is 16.2. The van der Waals surface area contributed by atoms with Gasteiger partial charge in [0.05, 0.1) is 5.69 Å². The molecule has 0 saturated heterocycles. The first-order valence-electron chi connectivity index (χ1n) is 8.72. The van der Waals surface area contributed by atoms with Gasteiger partial charge in [-0.25, -0.2) is 9.79 Å². The zero-order chi connectivity index (χ0) is 18.4. The Morgan fingerprint density at radius 3 is 2.62 bits per heavy atom. The van der Waals surface area contributed by atoms with Crippen LogP contribution in [0.25, 0.3) is 0 Å². The van der Waals surface area contributed by atoms with Crippen molar-refractivity contribution in [3.8, 4) is 0 Å². The molecule has 2 amide bonds. The molecule has 0 aliphatic carbocycles. The molecule has 6 nitrogen and oxygen atoms in total. The Balaban J connectivity index is 1.60. The molecule has 0 aromatic heterocycles. The molecule has 1 aliphatic rings. The molecule has 1 aliphatic heterocycles.